The fourth-order valence-electron chi connectivity index (χ4n) is 2.23. The van der Waals surface area contributed by atoms with E-state index < -0.39 is 10.0 Å². The monoisotopic (exact) mass is 332 g/mol. The molecule has 1 saturated carbocycles. The van der Waals surface area contributed by atoms with Gasteiger partial charge in [0, 0.05) is 41.7 Å². The normalized spacial score (nSPS) is 21.8. The van der Waals surface area contributed by atoms with Crippen LogP contribution in [0.15, 0.2) is 16.3 Å². The van der Waals surface area contributed by atoms with E-state index in [1.54, 1.807) is 21.0 Å². The largest absolute Gasteiger partial charge is 0.309 e. The third-order valence-corrected chi connectivity index (χ3v) is 7.60. The molecule has 2 fully saturated rings. The van der Waals surface area contributed by atoms with Crippen molar-refractivity contribution in [1.29, 1.82) is 0 Å². The predicted molar refractivity (Wildman–Crippen MR) is 84.9 cm³/mol. The van der Waals surface area contributed by atoms with Crippen molar-refractivity contribution in [1.82, 2.24) is 9.62 Å². The topological polar surface area (TPSA) is 49.4 Å². The number of hydrogen-bond donors (Lipinski definition) is 1. The highest BCUT2D eigenvalue weighted by Crippen LogP contribution is 2.26. The Kier molecular flexibility index (Phi) is 4.72. The molecular weight excluding hydrogens is 312 g/mol. The highest BCUT2D eigenvalue weighted by Gasteiger charge is 2.26. The Bertz CT molecular complexity index is 544. The summed E-state index contributed by atoms with van der Waals surface area (Å²) >= 11 is 3.38. The zero-order valence-corrected chi connectivity index (χ0v) is 13.8. The highest BCUT2D eigenvalue weighted by molar-refractivity contribution is 7.99. The molecule has 2 aliphatic rings. The molecule has 0 radical (unpaired) electrons. The summed E-state index contributed by atoms with van der Waals surface area (Å²) in [6.07, 6.45) is 3.45. The molecule has 0 aromatic carbocycles. The van der Waals surface area contributed by atoms with Crippen LogP contribution in [0.2, 0.25) is 0 Å². The fraction of sp³-hybridized carbons (Fsp3) is 0.692. The van der Waals surface area contributed by atoms with E-state index in [1.165, 1.54) is 12.8 Å². The molecule has 1 saturated heterocycles. The molecule has 3 rings (SSSR count). The number of sulfonamides is 1. The number of nitrogens with one attached hydrogen (secondary N) is 1. The summed E-state index contributed by atoms with van der Waals surface area (Å²) < 4.78 is 26.9. The maximum atomic E-state index is 12.6. The zero-order valence-electron chi connectivity index (χ0n) is 11.4. The molecule has 1 aliphatic heterocycles. The van der Waals surface area contributed by atoms with Gasteiger partial charge in [-0.1, -0.05) is 0 Å². The third-order valence-electron chi connectivity index (χ3n) is 3.59. The Labute approximate surface area is 129 Å². The Balaban J connectivity index is 1.69. The molecule has 20 heavy (non-hydrogen) atoms. The second kappa shape index (κ2) is 6.36. The summed E-state index contributed by atoms with van der Waals surface area (Å²) in [5, 5.41) is 5.21. The number of rotatable bonds is 5. The van der Waals surface area contributed by atoms with Crippen LogP contribution in [0.5, 0.6) is 0 Å². The highest BCUT2D eigenvalue weighted by atomic mass is 32.2. The summed E-state index contributed by atoms with van der Waals surface area (Å²) in [5.74, 6) is 1.96. The summed E-state index contributed by atoms with van der Waals surface area (Å²) in [7, 11) is -3.28. The minimum atomic E-state index is -3.28. The molecular formula is C13H20N2O2S3. The molecule has 0 unspecified atom stereocenters. The minimum absolute atomic E-state index is 0.474. The zero-order chi connectivity index (χ0) is 14.0. The van der Waals surface area contributed by atoms with Gasteiger partial charge in [-0.25, -0.2) is 8.42 Å². The van der Waals surface area contributed by atoms with Gasteiger partial charge in [0.1, 0.15) is 0 Å². The van der Waals surface area contributed by atoms with Gasteiger partial charge in [-0.15, -0.1) is 11.3 Å². The Morgan fingerprint density at radius 1 is 1.30 bits per heavy atom. The SMILES string of the molecule is O=S(=O)(c1csc(CNC2CC2)c1)N1CCCSCC1. The van der Waals surface area contributed by atoms with E-state index in [9.17, 15) is 8.42 Å². The molecule has 2 heterocycles. The molecule has 112 valence electrons. The Morgan fingerprint density at radius 2 is 2.15 bits per heavy atom. The van der Waals surface area contributed by atoms with Gasteiger partial charge in [0.2, 0.25) is 10.0 Å². The smallest absolute Gasteiger partial charge is 0.243 e. The van der Waals surface area contributed by atoms with Gasteiger partial charge in [-0.3, -0.25) is 0 Å². The van der Waals surface area contributed by atoms with Crippen LogP contribution in [0.3, 0.4) is 0 Å². The molecule has 0 bridgehead atoms. The lowest BCUT2D eigenvalue weighted by Crippen LogP contribution is -2.32. The van der Waals surface area contributed by atoms with Crippen molar-refractivity contribution in [2.75, 3.05) is 24.6 Å². The molecule has 1 aromatic heterocycles. The van der Waals surface area contributed by atoms with Gasteiger partial charge in [0.15, 0.2) is 0 Å². The van der Waals surface area contributed by atoms with Crippen LogP contribution < -0.4 is 5.32 Å². The van der Waals surface area contributed by atoms with E-state index in [0.29, 0.717) is 24.0 Å². The molecule has 0 amide bonds. The van der Waals surface area contributed by atoms with Crippen LogP contribution in [0, 0.1) is 0 Å². The first-order valence-electron chi connectivity index (χ1n) is 7.05. The van der Waals surface area contributed by atoms with E-state index in [-0.39, 0.29) is 0 Å². The van der Waals surface area contributed by atoms with E-state index in [4.69, 9.17) is 0 Å². The van der Waals surface area contributed by atoms with Crippen LogP contribution in [-0.4, -0.2) is 43.4 Å². The molecule has 1 N–H and O–H groups in total. The maximum absolute atomic E-state index is 12.6. The van der Waals surface area contributed by atoms with Crippen LogP contribution >= 0.6 is 23.1 Å². The van der Waals surface area contributed by atoms with Crippen LogP contribution in [0.25, 0.3) is 0 Å². The minimum Gasteiger partial charge on any atom is -0.309 e. The van der Waals surface area contributed by atoms with Gasteiger partial charge in [-0.05, 0) is 31.1 Å². The van der Waals surface area contributed by atoms with Crippen LogP contribution in [0.1, 0.15) is 24.1 Å². The van der Waals surface area contributed by atoms with Crippen molar-refractivity contribution in [2.24, 2.45) is 0 Å². The van der Waals surface area contributed by atoms with Crippen molar-refractivity contribution in [3.63, 3.8) is 0 Å². The number of thiophene rings is 1. The summed E-state index contributed by atoms with van der Waals surface area (Å²) in [4.78, 5) is 1.58. The first-order valence-corrected chi connectivity index (χ1v) is 10.5. The average molecular weight is 333 g/mol. The average Bonchev–Trinajstić information content (AvgIpc) is 3.19. The standard InChI is InChI=1S/C13H20N2O2S3/c16-20(17,15-4-1-6-18-7-5-15)13-8-12(19-10-13)9-14-11-2-3-11/h8,10-11,14H,1-7,9H2. The van der Waals surface area contributed by atoms with Gasteiger partial charge in [0.05, 0.1) is 4.90 Å². The van der Waals surface area contributed by atoms with Crippen LogP contribution in [0.4, 0.5) is 0 Å². The van der Waals surface area contributed by atoms with Crippen molar-refractivity contribution >= 4 is 33.1 Å². The summed E-state index contributed by atoms with van der Waals surface area (Å²) in [6, 6.07) is 2.49. The lowest BCUT2D eigenvalue weighted by molar-refractivity contribution is 0.435. The quantitative estimate of drug-likeness (QED) is 0.897. The first kappa shape index (κ1) is 14.8. The van der Waals surface area contributed by atoms with Gasteiger partial charge in [0.25, 0.3) is 0 Å². The number of nitrogens with zero attached hydrogens (tertiary/aromatic N) is 1. The van der Waals surface area contributed by atoms with E-state index >= 15 is 0 Å². The molecule has 1 aliphatic carbocycles. The first-order chi connectivity index (χ1) is 9.66. The van der Waals surface area contributed by atoms with Crippen molar-refractivity contribution < 1.29 is 8.42 Å². The number of thioether (sulfide) groups is 1. The second-order valence-electron chi connectivity index (χ2n) is 5.27. The molecule has 0 spiro atoms. The van der Waals surface area contributed by atoms with Gasteiger partial charge in [-0.2, -0.15) is 16.1 Å². The number of hydrogen-bond acceptors (Lipinski definition) is 5. The summed E-state index contributed by atoms with van der Waals surface area (Å²) in [5.41, 5.74) is 0. The predicted octanol–water partition coefficient (Wildman–Crippen LogP) is 2.13. The molecule has 7 heteroatoms. The van der Waals surface area contributed by atoms with Gasteiger partial charge >= 0.3 is 0 Å². The Hall–Kier alpha value is -0.0800. The lowest BCUT2D eigenvalue weighted by atomic mass is 10.4. The van der Waals surface area contributed by atoms with Crippen LogP contribution in [-0.2, 0) is 16.6 Å². The lowest BCUT2D eigenvalue weighted by Gasteiger charge is -2.18. The molecule has 1 aromatic rings. The van der Waals surface area contributed by atoms with Gasteiger partial charge < -0.3 is 5.32 Å². The van der Waals surface area contributed by atoms with Crippen molar-refractivity contribution in [3.05, 3.63) is 16.3 Å². The van der Waals surface area contributed by atoms with Crippen molar-refractivity contribution in [3.8, 4) is 0 Å². The maximum Gasteiger partial charge on any atom is 0.243 e. The molecule has 4 nitrogen and oxygen atoms in total. The van der Waals surface area contributed by atoms with E-state index in [1.807, 2.05) is 17.8 Å². The molecule has 0 atom stereocenters. The second-order valence-corrected chi connectivity index (χ2v) is 9.43. The Morgan fingerprint density at radius 3 is 2.95 bits per heavy atom. The third kappa shape index (κ3) is 3.57. The van der Waals surface area contributed by atoms with E-state index in [0.717, 1.165) is 29.3 Å². The van der Waals surface area contributed by atoms with E-state index in [2.05, 4.69) is 5.32 Å². The fourth-order valence-corrected chi connectivity index (χ4v) is 5.93. The summed E-state index contributed by atoms with van der Waals surface area (Å²) in [6.45, 7) is 2.08. The van der Waals surface area contributed by atoms with Crippen molar-refractivity contribution in [2.45, 2.75) is 36.7 Å².